The van der Waals surface area contributed by atoms with Crippen molar-refractivity contribution in [3.63, 3.8) is 0 Å². The van der Waals surface area contributed by atoms with E-state index in [-0.39, 0.29) is 6.04 Å². The number of Topliss-reactive ketones (excluding diaryl/α,β-unsaturated/α-hetero) is 1. The van der Waals surface area contributed by atoms with Crippen LogP contribution in [0.25, 0.3) is 5.69 Å². The standard InChI is InChI=1S/C23H26N4O2/c1-16(26(4)19-11-7-5-8-12-19)15-24-23(29)22(28)21-17(2)25-27(18(21)3)20-13-9-6-10-14-20/h5-14,16H,15H2,1-4H3,(H,24,29). The summed E-state index contributed by atoms with van der Waals surface area (Å²) in [5, 5.41) is 7.22. The predicted molar refractivity (Wildman–Crippen MR) is 115 cm³/mol. The quantitative estimate of drug-likeness (QED) is 0.496. The van der Waals surface area contributed by atoms with Crippen LogP contribution in [-0.4, -0.2) is 41.1 Å². The molecule has 0 aliphatic carbocycles. The first-order valence-corrected chi connectivity index (χ1v) is 9.62. The van der Waals surface area contributed by atoms with Crippen molar-refractivity contribution in [1.82, 2.24) is 15.1 Å². The molecule has 2 aromatic carbocycles. The van der Waals surface area contributed by atoms with Crippen molar-refractivity contribution >= 4 is 17.4 Å². The Bertz CT molecular complexity index is 996. The van der Waals surface area contributed by atoms with E-state index in [1.165, 1.54) is 0 Å². The van der Waals surface area contributed by atoms with Gasteiger partial charge in [0.1, 0.15) is 0 Å². The molecule has 0 fully saturated rings. The van der Waals surface area contributed by atoms with Gasteiger partial charge in [-0.3, -0.25) is 9.59 Å². The maximum atomic E-state index is 12.8. The number of rotatable bonds is 7. The molecule has 1 atom stereocenters. The van der Waals surface area contributed by atoms with Crippen LogP contribution in [0.1, 0.15) is 28.7 Å². The third-order valence-corrected chi connectivity index (χ3v) is 5.11. The van der Waals surface area contributed by atoms with Gasteiger partial charge in [-0.15, -0.1) is 0 Å². The van der Waals surface area contributed by atoms with E-state index in [0.717, 1.165) is 11.4 Å². The van der Waals surface area contributed by atoms with Gasteiger partial charge in [-0.2, -0.15) is 5.10 Å². The second-order valence-electron chi connectivity index (χ2n) is 7.13. The molecule has 1 amide bonds. The van der Waals surface area contributed by atoms with E-state index in [1.807, 2.05) is 74.6 Å². The maximum Gasteiger partial charge on any atom is 0.292 e. The first-order valence-electron chi connectivity index (χ1n) is 9.62. The summed E-state index contributed by atoms with van der Waals surface area (Å²) in [5.41, 5.74) is 3.46. The average molecular weight is 390 g/mol. The van der Waals surface area contributed by atoms with Gasteiger partial charge in [-0.1, -0.05) is 36.4 Å². The van der Waals surface area contributed by atoms with E-state index in [2.05, 4.69) is 15.3 Å². The highest BCUT2D eigenvalue weighted by Crippen LogP contribution is 2.18. The number of aromatic nitrogens is 2. The number of aryl methyl sites for hydroxylation is 1. The lowest BCUT2D eigenvalue weighted by Gasteiger charge is -2.27. The summed E-state index contributed by atoms with van der Waals surface area (Å²) >= 11 is 0. The van der Waals surface area contributed by atoms with Crippen molar-refractivity contribution in [3.8, 4) is 5.69 Å². The highest BCUT2D eigenvalue weighted by molar-refractivity contribution is 6.43. The van der Waals surface area contributed by atoms with Gasteiger partial charge in [-0.05, 0) is 45.0 Å². The Kier molecular flexibility index (Phi) is 6.12. The minimum atomic E-state index is -0.614. The molecule has 0 radical (unpaired) electrons. The molecule has 0 saturated carbocycles. The van der Waals surface area contributed by atoms with Gasteiger partial charge in [0, 0.05) is 25.3 Å². The van der Waals surface area contributed by atoms with Crippen LogP contribution in [-0.2, 0) is 4.79 Å². The van der Waals surface area contributed by atoms with E-state index in [1.54, 1.807) is 18.5 Å². The van der Waals surface area contributed by atoms with Gasteiger partial charge in [0.2, 0.25) is 0 Å². The number of hydrogen-bond acceptors (Lipinski definition) is 4. The molecule has 29 heavy (non-hydrogen) atoms. The van der Waals surface area contributed by atoms with Crippen molar-refractivity contribution in [3.05, 3.63) is 77.6 Å². The number of carbonyl (C=O) groups excluding carboxylic acids is 2. The Morgan fingerprint density at radius 2 is 1.62 bits per heavy atom. The number of benzene rings is 2. The Labute approximate surface area is 171 Å². The van der Waals surface area contributed by atoms with Gasteiger partial charge in [0.05, 0.1) is 22.6 Å². The molecule has 150 valence electrons. The molecule has 0 saturated heterocycles. The van der Waals surface area contributed by atoms with Gasteiger partial charge in [0.15, 0.2) is 0 Å². The molecule has 1 aromatic heterocycles. The van der Waals surface area contributed by atoms with Crippen LogP contribution in [0.15, 0.2) is 60.7 Å². The number of ketones is 1. The minimum Gasteiger partial charge on any atom is -0.370 e. The van der Waals surface area contributed by atoms with Gasteiger partial charge in [0.25, 0.3) is 11.7 Å². The molecular weight excluding hydrogens is 364 g/mol. The van der Waals surface area contributed by atoms with Crippen LogP contribution < -0.4 is 10.2 Å². The highest BCUT2D eigenvalue weighted by Gasteiger charge is 2.25. The summed E-state index contributed by atoms with van der Waals surface area (Å²) in [6.45, 7) is 5.92. The maximum absolute atomic E-state index is 12.8. The second-order valence-corrected chi connectivity index (χ2v) is 7.13. The minimum absolute atomic E-state index is 0.0309. The lowest BCUT2D eigenvalue weighted by atomic mass is 10.1. The zero-order valence-electron chi connectivity index (χ0n) is 17.2. The number of para-hydroxylation sites is 2. The van der Waals surface area contributed by atoms with Crippen LogP contribution >= 0.6 is 0 Å². The van der Waals surface area contributed by atoms with Gasteiger partial charge >= 0.3 is 0 Å². The predicted octanol–water partition coefficient (Wildman–Crippen LogP) is 3.31. The van der Waals surface area contributed by atoms with Crippen LogP contribution in [0.5, 0.6) is 0 Å². The van der Waals surface area contributed by atoms with E-state index in [9.17, 15) is 9.59 Å². The monoisotopic (exact) mass is 390 g/mol. The molecule has 6 heteroatoms. The molecule has 0 aliphatic rings. The summed E-state index contributed by atoms with van der Waals surface area (Å²) in [6.07, 6.45) is 0. The molecule has 1 unspecified atom stereocenters. The summed E-state index contributed by atoms with van der Waals surface area (Å²) in [7, 11) is 1.96. The molecule has 0 bridgehead atoms. The van der Waals surface area contributed by atoms with Crippen molar-refractivity contribution in [2.45, 2.75) is 26.8 Å². The normalized spacial score (nSPS) is 11.7. The average Bonchev–Trinajstić information content (AvgIpc) is 3.05. The highest BCUT2D eigenvalue weighted by atomic mass is 16.2. The van der Waals surface area contributed by atoms with E-state index in [4.69, 9.17) is 0 Å². The molecular formula is C23H26N4O2. The molecule has 3 aromatic rings. The zero-order chi connectivity index (χ0) is 21.0. The first kappa shape index (κ1) is 20.3. The van der Waals surface area contributed by atoms with Crippen LogP contribution in [0.4, 0.5) is 5.69 Å². The van der Waals surface area contributed by atoms with Gasteiger partial charge in [-0.25, -0.2) is 4.68 Å². The Hall–Kier alpha value is -3.41. The van der Waals surface area contributed by atoms with Gasteiger partial charge < -0.3 is 10.2 Å². The van der Waals surface area contributed by atoms with Crippen LogP contribution in [0.3, 0.4) is 0 Å². The second kappa shape index (κ2) is 8.73. The van der Waals surface area contributed by atoms with Crippen molar-refractivity contribution < 1.29 is 9.59 Å². The Morgan fingerprint density at radius 3 is 2.24 bits per heavy atom. The Morgan fingerprint density at radius 1 is 1.03 bits per heavy atom. The summed E-state index contributed by atoms with van der Waals surface area (Å²) in [5.74, 6) is -1.17. The summed E-state index contributed by atoms with van der Waals surface area (Å²) in [4.78, 5) is 27.4. The first-order chi connectivity index (χ1) is 13.9. The molecule has 0 aliphatic heterocycles. The number of nitrogens with one attached hydrogen (secondary N) is 1. The topological polar surface area (TPSA) is 67.2 Å². The fourth-order valence-corrected chi connectivity index (χ4v) is 3.28. The van der Waals surface area contributed by atoms with Crippen molar-refractivity contribution in [1.29, 1.82) is 0 Å². The van der Waals surface area contributed by atoms with Crippen LogP contribution in [0, 0.1) is 13.8 Å². The molecule has 0 spiro atoms. The summed E-state index contributed by atoms with van der Waals surface area (Å²) in [6, 6.07) is 19.5. The fourth-order valence-electron chi connectivity index (χ4n) is 3.28. The number of hydrogen-bond donors (Lipinski definition) is 1. The van der Waals surface area contributed by atoms with E-state index in [0.29, 0.717) is 23.5 Å². The molecule has 3 rings (SSSR count). The molecule has 1 heterocycles. The lowest BCUT2D eigenvalue weighted by Crippen LogP contribution is -2.42. The van der Waals surface area contributed by atoms with Crippen molar-refractivity contribution in [2.24, 2.45) is 0 Å². The third-order valence-electron chi connectivity index (χ3n) is 5.11. The zero-order valence-corrected chi connectivity index (χ0v) is 17.2. The lowest BCUT2D eigenvalue weighted by molar-refractivity contribution is -0.117. The number of carbonyl (C=O) groups is 2. The van der Waals surface area contributed by atoms with E-state index < -0.39 is 11.7 Å². The number of amides is 1. The summed E-state index contributed by atoms with van der Waals surface area (Å²) < 4.78 is 1.70. The Balaban J connectivity index is 1.69. The third kappa shape index (κ3) is 4.37. The molecule has 6 nitrogen and oxygen atoms in total. The number of anilines is 1. The number of likely N-dealkylation sites (N-methyl/N-ethyl adjacent to an activating group) is 1. The van der Waals surface area contributed by atoms with Crippen molar-refractivity contribution in [2.75, 3.05) is 18.5 Å². The van der Waals surface area contributed by atoms with E-state index >= 15 is 0 Å². The van der Waals surface area contributed by atoms with Crippen LogP contribution in [0.2, 0.25) is 0 Å². The number of nitrogens with zero attached hydrogens (tertiary/aromatic N) is 3. The SMILES string of the molecule is Cc1nn(-c2ccccc2)c(C)c1C(=O)C(=O)NCC(C)N(C)c1ccccc1. The molecule has 1 N–H and O–H groups in total. The fraction of sp³-hybridized carbons (Fsp3) is 0.261. The largest absolute Gasteiger partial charge is 0.370 e. The smallest absolute Gasteiger partial charge is 0.292 e.